The van der Waals surface area contributed by atoms with E-state index < -0.39 is 0 Å². The maximum Gasteiger partial charge on any atom is 0.310 e. The number of methoxy groups -OCH3 is 1. The second-order valence-electron chi connectivity index (χ2n) is 3.10. The molecule has 0 aliphatic rings. The van der Waals surface area contributed by atoms with Crippen molar-refractivity contribution in [2.75, 3.05) is 7.11 Å². The predicted molar refractivity (Wildman–Crippen MR) is 64.1 cm³/mol. The summed E-state index contributed by atoms with van der Waals surface area (Å²) in [6, 6.07) is 5.45. The lowest BCUT2D eigenvalue weighted by molar-refractivity contribution is -0.139. The zero-order chi connectivity index (χ0) is 12.1. The molecule has 0 fully saturated rings. The van der Waals surface area contributed by atoms with Gasteiger partial charge < -0.3 is 4.74 Å². The zero-order valence-electron chi connectivity index (χ0n) is 8.59. The molecule has 84 valence electrons. The van der Waals surface area contributed by atoms with Crippen molar-refractivity contribution in [2.45, 2.75) is 12.3 Å². The fourth-order valence-electron chi connectivity index (χ4n) is 1.24. The monoisotopic (exact) mass is 301 g/mol. The van der Waals surface area contributed by atoms with E-state index >= 15 is 0 Å². The Morgan fingerprint density at radius 3 is 2.75 bits per heavy atom. The first kappa shape index (κ1) is 13.0. The summed E-state index contributed by atoms with van der Waals surface area (Å²) in [5.74, 6) is -0.0804. The van der Waals surface area contributed by atoms with Crippen molar-refractivity contribution < 1.29 is 9.53 Å². The van der Waals surface area contributed by atoms with Crippen LogP contribution in [0.1, 0.15) is 16.7 Å². The smallest absolute Gasteiger partial charge is 0.310 e. The number of ether oxygens (including phenoxy) is 1. The average molecular weight is 303 g/mol. The summed E-state index contributed by atoms with van der Waals surface area (Å²) in [7, 11) is 1.33. The standard InChI is InChI=1S/C11H9BrClNO2/c1-16-11(15)4-7-2-9(6-14)8(5-13)3-10(7)12/h2-3H,4-5H2,1H3. The molecule has 0 unspecified atom stereocenters. The van der Waals surface area contributed by atoms with E-state index in [1.54, 1.807) is 12.1 Å². The molecular formula is C11H9BrClNO2. The Morgan fingerprint density at radius 1 is 1.56 bits per heavy atom. The van der Waals surface area contributed by atoms with Gasteiger partial charge in [-0.05, 0) is 23.3 Å². The van der Waals surface area contributed by atoms with E-state index in [4.69, 9.17) is 16.9 Å². The molecule has 0 saturated heterocycles. The minimum atomic E-state index is -0.344. The lowest BCUT2D eigenvalue weighted by Gasteiger charge is -2.07. The topological polar surface area (TPSA) is 50.1 Å². The van der Waals surface area contributed by atoms with Gasteiger partial charge in [0.1, 0.15) is 0 Å². The Balaban J connectivity index is 3.12. The molecular weight excluding hydrogens is 293 g/mol. The van der Waals surface area contributed by atoms with Crippen LogP contribution < -0.4 is 0 Å². The van der Waals surface area contributed by atoms with E-state index in [9.17, 15) is 4.79 Å². The Labute approximate surface area is 107 Å². The molecule has 16 heavy (non-hydrogen) atoms. The van der Waals surface area contributed by atoms with Crippen molar-refractivity contribution in [3.05, 3.63) is 33.3 Å². The highest BCUT2D eigenvalue weighted by atomic mass is 79.9. The van der Waals surface area contributed by atoms with E-state index in [-0.39, 0.29) is 18.3 Å². The van der Waals surface area contributed by atoms with Crippen LogP contribution in [-0.2, 0) is 21.8 Å². The highest BCUT2D eigenvalue weighted by Gasteiger charge is 2.11. The minimum absolute atomic E-state index is 0.133. The minimum Gasteiger partial charge on any atom is -0.469 e. The van der Waals surface area contributed by atoms with Crippen molar-refractivity contribution in [2.24, 2.45) is 0 Å². The van der Waals surface area contributed by atoms with Gasteiger partial charge in [0.25, 0.3) is 0 Å². The van der Waals surface area contributed by atoms with Crippen molar-refractivity contribution in [1.82, 2.24) is 0 Å². The van der Waals surface area contributed by atoms with Gasteiger partial charge in [-0.2, -0.15) is 5.26 Å². The summed E-state index contributed by atoms with van der Waals surface area (Å²) in [5.41, 5.74) is 1.94. The Bertz CT molecular complexity index is 454. The normalized spacial score (nSPS) is 9.62. The third-order valence-electron chi connectivity index (χ3n) is 2.10. The van der Waals surface area contributed by atoms with Gasteiger partial charge >= 0.3 is 5.97 Å². The number of nitrogens with zero attached hydrogens (tertiary/aromatic N) is 1. The van der Waals surface area contributed by atoms with Crippen molar-refractivity contribution >= 4 is 33.5 Å². The number of benzene rings is 1. The van der Waals surface area contributed by atoms with Crippen LogP contribution in [0.4, 0.5) is 0 Å². The third-order valence-corrected chi connectivity index (χ3v) is 3.13. The van der Waals surface area contributed by atoms with Crippen LogP contribution in [0.2, 0.25) is 0 Å². The molecule has 1 rings (SSSR count). The molecule has 0 amide bonds. The molecule has 1 aromatic rings. The van der Waals surface area contributed by atoms with Gasteiger partial charge in [-0.15, -0.1) is 11.6 Å². The van der Waals surface area contributed by atoms with Crippen LogP contribution >= 0.6 is 27.5 Å². The SMILES string of the molecule is COC(=O)Cc1cc(C#N)c(CCl)cc1Br. The van der Waals surface area contributed by atoms with E-state index in [0.717, 1.165) is 15.6 Å². The molecule has 1 aromatic carbocycles. The molecule has 0 radical (unpaired) electrons. The molecule has 0 aliphatic carbocycles. The molecule has 3 nitrogen and oxygen atoms in total. The summed E-state index contributed by atoms with van der Waals surface area (Å²) in [5, 5.41) is 8.92. The highest BCUT2D eigenvalue weighted by molar-refractivity contribution is 9.10. The molecule has 0 saturated carbocycles. The first-order chi connectivity index (χ1) is 7.62. The number of esters is 1. The van der Waals surface area contributed by atoms with Gasteiger partial charge in [0.15, 0.2) is 0 Å². The molecule has 5 heteroatoms. The van der Waals surface area contributed by atoms with Crippen LogP contribution in [0, 0.1) is 11.3 Å². The summed E-state index contributed by atoms with van der Waals surface area (Å²) >= 11 is 9.04. The van der Waals surface area contributed by atoms with E-state index in [0.29, 0.717) is 5.56 Å². The lowest BCUT2D eigenvalue weighted by Crippen LogP contribution is -2.06. The Hall–Kier alpha value is -1.05. The van der Waals surface area contributed by atoms with Gasteiger partial charge in [-0.25, -0.2) is 0 Å². The van der Waals surface area contributed by atoms with Crippen LogP contribution in [0.3, 0.4) is 0 Å². The summed E-state index contributed by atoms with van der Waals surface area (Å²) < 4.78 is 5.33. The molecule has 0 heterocycles. The van der Waals surface area contributed by atoms with E-state index in [2.05, 4.69) is 20.7 Å². The van der Waals surface area contributed by atoms with Crippen LogP contribution in [0.25, 0.3) is 0 Å². The van der Waals surface area contributed by atoms with Crippen molar-refractivity contribution in [3.8, 4) is 6.07 Å². The Kier molecular flexibility index (Phi) is 4.78. The number of hydrogen-bond acceptors (Lipinski definition) is 3. The van der Waals surface area contributed by atoms with Crippen LogP contribution in [0.5, 0.6) is 0 Å². The summed E-state index contributed by atoms with van der Waals surface area (Å²) in [4.78, 5) is 11.1. The van der Waals surface area contributed by atoms with Crippen molar-refractivity contribution in [3.63, 3.8) is 0 Å². The maximum atomic E-state index is 11.1. The number of nitriles is 1. The van der Waals surface area contributed by atoms with Crippen LogP contribution in [0.15, 0.2) is 16.6 Å². The Morgan fingerprint density at radius 2 is 2.25 bits per heavy atom. The maximum absolute atomic E-state index is 11.1. The van der Waals surface area contributed by atoms with Gasteiger partial charge in [0.2, 0.25) is 0 Å². The fraction of sp³-hybridized carbons (Fsp3) is 0.273. The van der Waals surface area contributed by atoms with Gasteiger partial charge in [0.05, 0.1) is 25.2 Å². The van der Waals surface area contributed by atoms with Gasteiger partial charge in [0, 0.05) is 10.4 Å². The number of alkyl halides is 1. The average Bonchev–Trinajstić information content (AvgIpc) is 2.30. The van der Waals surface area contributed by atoms with Gasteiger partial charge in [-0.1, -0.05) is 15.9 Å². The quantitative estimate of drug-likeness (QED) is 0.637. The first-order valence-corrected chi connectivity index (χ1v) is 5.79. The van der Waals surface area contributed by atoms with Crippen molar-refractivity contribution in [1.29, 1.82) is 5.26 Å². The molecule has 0 N–H and O–H groups in total. The van der Waals surface area contributed by atoms with E-state index in [1.807, 2.05) is 6.07 Å². The number of rotatable bonds is 3. The second kappa shape index (κ2) is 5.88. The highest BCUT2D eigenvalue weighted by Crippen LogP contribution is 2.23. The fourth-order valence-corrected chi connectivity index (χ4v) is 1.99. The van der Waals surface area contributed by atoms with Crippen LogP contribution in [-0.4, -0.2) is 13.1 Å². The number of hydrogen-bond donors (Lipinski definition) is 0. The molecule has 0 spiro atoms. The summed E-state index contributed by atoms with van der Waals surface area (Å²) in [6.07, 6.45) is 0.133. The molecule has 0 aromatic heterocycles. The largest absolute Gasteiger partial charge is 0.469 e. The third kappa shape index (κ3) is 2.97. The zero-order valence-corrected chi connectivity index (χ0v) is 10.9. The first-order valence-electron chi connectivity index (χ1n) is 4.46. The lowest BCUT2D eigenvalue weighted by atomic mass is 10.0. The number of halogens is 2. The number of carbonyl (C=O) groups excluding carboxylic acids is 1. The molecule has 0 atom stereocenters. The van der Waals surface area contributed by atoms with Gasteiger partial charge in [-0.3, -0.25) is 4.79 Å². The summed E-state index contributed by atoms with van der Waals surface area (Å²) in [6.45, 7) is 0. The second-order valence-corrected chi connectivity index (χ2v) is 4.22. The van der Waals surface area contributed by atoms with E-state index in [1.165, 1.54) is 7.11 Å². The predicted octanol–water partition coefficient (Wildman–Crippen LogP) is 2.78. The number of carbonyl (C=O) groups is 1. The molecule has 0 aliphatic heterocycles. The molecule has 0 bridgehead atoms.